The Balaban J connectivity index is 1.73. The van der Waals surface area contributed by atoms with Gasteiger partial charge in [-0.05, 0) is 49.2 Å². The van der Waals surface area contributed by atoms with Crippen molar-refractivity contribution in [3.8, 4) is 0 Å². The Labute approximate surface area is 166 Å². The molecule has 0 spiro atoms. The van der Waals surface area contributed by atoms with Gasteiger partial charge in [-0.1, -0.05) is 37.8 Å². The van der Waals surface area contributed by atoms with E-state index in [0.717, 1.165) is 30.2 Å². The zero-order valence-corrected chi connectivity index (χ0v) is 16.6. The van der Waals surface area contributed by atoms with E-state index in [4.69, 9.17) is 0 Å². The Morgan fingerprint density at radius 3 is 2.39 bits per heavy atom. The van der Waals surface area contributed by atoms with Gasteiger partial charge in [0.25, 0.3) is 0 Å². The van der Waals surface area contributed by atoms with Crippen molar-refractivity contribution in [1.29, 1.82) is 0 Å². The van der Waals surface area contributed by atoms with Gasteiger partial charge in [-0.3, -0.25) is 4.79 Å². The normalized spacial score (nSPS) is 16.4. The number of hydrogen-bond acceptors (Lipinski definition) is 3. The van der Waals surface area contributed by atoms with E-state index >= 15 is 0 Å². The van der Waals surface area contributed by atoms with Crippen LogP contribution in [0, 0.1) is 0 Å². The van der Waals surface area contributed by atoms with E-state index in [1.165, 1.54) is 6.08 Å². The molecule has 5 heteroatoms. The minimum absolute atomic E-state index is 0.0157. The summed E-state index contributed by atoms with van der Waals surface area (Å²) in [5.41, 5.74) is 2.40. The molecular formula is C23H28FN3O. The number of nitrogens with one attached hydrogen (secondary N) is 1. The number of amides is 1. The zero-order chi connectivity index (χ0) is 20.1. The lowest BCUT2D eigenvalue weighted by atomic mass is 9.95. The molecule has 1 saturated heterocycles. The lowest BCUT2D eigenvalue weighted by molar-refractivity contribution is -0.126. The van der Waals surface area contributed by atoms with Gasteiger partial charge in [0.2, 0.25) is 5.91 Å². The fraction of sp³-hybridized carbons (Fsp3) is 0.348. The second-order valence-corrected chi connectivity index (χ2v) is 7.29. The zero-order valence-electron chi connectivity index (χ0n) is 16.6. The second-order valence-electron chi connectivity index (χ2n) is 7.29. The molecule has 1 amide bonds. The summed E-state index contributed by atoms with van der Waals surface area (Å²) >= 11 is 0. The van der Waals surface area contributed by atoms with Crippen LogP contribution < -0.4 is 10.2 Å². The predicted octanol–water partition coefficient (Wildman–Crippen LogP) is 4.86. The first-order chi connectivity index (χ1) is 13.4. The molecule has 1 N–H and O–H groups in total. The van der Waals surface area contributed by atoms with Crippen LogP contribution in [-0.4, -0.2) is 37.0 Å². The maximum atomic E-state index is 14.5. The largest absolute Gasteiger partial charge is 0.366 e. The van der Waals surface area contributed by atoms with Crippen LogP contribution in [0.25, 0.3) is 0 Å². The first kappa shape index (κ1) is 19.9. The number of anilines is 3. The molecule has 4 nitrogen and oxygen atoms in total. The van der Waals surface area contributed by atoms with Crippen molar-refractivity contribution >= 4 is 23.0 Å². The van der Waals surface area contributed by atoms with Crippen LogP contribution in [0.2, 0.25) is 0 Å². The first-order valence-electron chi connectivity index (χ1n) is 9.76. The monoisotopic (exact) mass is 381 g/mol. The van der Waals surface area contributed by atoms with Crippen molar-refractivity contribution in [3.05, 3.63) is 66.7 Å². The van der Waals surface area contributed by atoms with Gasteiger partial charge in [0.1, 0.15) is 5.67 Å². The number of carbonyl (C=O) groups is 1. The van der Waals surface area contributed by atoms with Gasteiger partial charge in [-0.15, -0.1) is 0 Å². The lowest BCUT2D eigenvalue weighted by Crippen LogP contribution is -2.48. The van der Waals surface area contributed by atoms with Gasteiger partial charge in [0.15, 0.2) is 0 Å². The molecule has 0 radical (unpaired) electrons. The summed E-state index contributed by atoms with van der Waals surface area (Å²) in [6.07, 6.45) is 1.82. The average molecular weight is 381 g/mol. The highest BCUT2D eigenvalue weighted by molar-refractivity contribution is 5.87. The fourth-order valence-electron chi connectivity index (χ4n) is 3.41. The number of piperazine rings is 1. The van der Waals surface area contributed by atoms with Crippen LogP contribution >= 0.6 is 0 Å². The molecule has 1 atom stereocenters. The molecule has 3 rings (SSSR count). The predicted molar refractivity (Wildman–Crippen MR) is 114 cm³/mol. The van der Waals surface area contributed by atoms with E-state index in [1.54, 1.807) is 6.92 Å². The van der Waals surface area contributed by atoms with Crippen LogP contribution in [0.4, 0.5) is 21.5 Å². The van der Waals surface area contributed by atoms with Crippen LogP contribution in [0.3, 0.4) is 0 Å². The summed E-state index contributed by atoms with van der Waals surface area (Å²) in [6, 6.07) is 15.6. The number of hydrogen-bond donors (Lipinski definition) is 1. The summed E-state index contributed by atoms with van der Waals surface area (Å²) in [5, 5.41) is 3.45. The van der Waals surface area contributed by atoms with Crippen molar-refractivity contribution in [2.75, 3.05) is 36.4 Å². The molecule has 1 aliphatic rings. The maximum Gasteiger partial charge on any atom is 0.246 e. The van der Waals surface area contributed by atoms with E-state index in [9.17, 15) is 9.18 Å². The Morgan fingerprint density at radius 1 is 1.14 bits per heavy atom. The summed E-state index contributed by atoms with van der Waals surface area (Å²) < 4.78 is 14.5. The van der Waals surface area contributed by atoms with E-state index in [-0.39, 0.29) is 5.91 Å². The molecule has 2 aromatic rings. The second kappa shape index (κ2) is 8.46. The quantitative estimate of drug-likeness (QED) is 0.726. The number of nitrogens with zero attached hydrogens (tertiary/aromatic N) is 2. The van der Waals surface area contributed by atoms with E-state index < -0.39 is 5.67 Å². The van der Waals surface area contributed by atoms with Gasteiger partial charge in [-0.25, -0.2) is 4.39 Å². The van der Waals surface area contributed by atoms with E-state index in [0.29, 0.717) is 25.1 Å². The van der Waals surface area contributed by atoms with E-state index in [2.05, 4.69) is 22.9 Å². The number of carbonyl (C=O) groups excluding carboxylic acids is 1. The SMILES string of the molecule is C=CC(=O)N1CCN(c2ccccc2Nc2ccc(C(C)(F)CC)cc2)CC1. The molecule has 148 valence electrons. The fourth-order valence-corrected chi connectivity index (χ4v) is 3.41. The highest BCUT2D eigenvalue weighted by atomic mass is 19.1. The third kappa shape index (κ3) is 4.35. The van der Waals surface area contributed by atoms with Crippen LogP contribution in [0.5, 0.6) is 0 Å². The first-order valence-corrected chi connectivity index (χ1v) is 9.76. The van der Waals surface area contributed by atoms with Crippen molar-refractivity contribution in [1.82, 2.24) is 4.90 Å². The van der Waals surface area contributed by atoms with Crippen molar-refractivity contribution in [2.45, 2.75) is 25.9 Å². The van der Waals surface area contributed by atoms with E-state index in [1.807, 2.05) is 54.3 Å². The molecule has 0 saturated carbocycles. The van der Waals surface area contributed by atoms with Gasteiger partial charge in [0, 0.05) is 31.9 Å². The Kier molecular flexibility index (Phi) is 6.02. The Hall–Kier alpha value is -2.82. The summed E-state index contributed by atoms with van der Waals surface area (Å²) in [4.78, 5) is 15.9. The minimum Gasteiger partial charge on any atom is -0.366 e. The molecular weight excluding hydrogens is 353 g/mol. The van der Waals surface area contributed by atoms with Crippen LogP contribution in [0.1, 0.15) is 25.8 Å². The number of alkyl halides is 1. The average Bonchev–Trinajstić information content (AvgIpc) is 2.74. The number of halogens is 1. The molecule has 1 aliphatic heterocycles. The standard InChI is InChI=1S/C23H28FN3O/c1-4-22(28)27-16-14-26(15-17-27)21-9-7-6-8-20(21)25-19-12-10-18(11-13-19)23(3,24)5-2/h4,6-13,25H,1,5,14-17H2,2-3H3. The summed E-state index contributed by atoms with van der Waals surface area (Å²) in [7, 11) is 0. The highest BCUT2D eigenvalue weighted by Crippen LogP contribution is 2.32. The summed E-state index contributed by atoms with van der Waals surface area (Å²) in [5.74, 6) is -0.0157. The molecule has 2 aromatic carbocycles. The molecule has 28 heavy (non-hydrogen) atoms. The molecule has 1 fully saturated rings. The van der Waals surface area contributed by atoms with Crippen LogP contribution in [-0.2, 0) is 10.5 Å². The smallest absolute Gasteiger partial charge is 0.246 e. The molecule has 1 heterocycles. The number of rotatable bonds is 6. The van der Waals surface area contributed by atoms with Gasteiger partial charge >= 0.3 is 0 Å². The van der Waals surface area contributed by atoms with Gasteiger partial charge < -0.3 is 15.1 Å². The third-order valence-electron chi connectivity index (χ3n) is 5.44. The number of benzene rings is 2. The van der Waals surface area contributed by atoms with Gasteiger partial charge in [-0.2, -0.15) is 0 Å². The van der Waals surface area contributed by atoms with Crippen molar-refractivity contribution in [2.24, 2.45) is 0 Å². The lowest BCUT2D eigenvalue weighted by Gasteiger charge is -2.36. The van der Waals surface area contributed by atoms with Crippen LogP contribution in [0.15, 0.2) is 61.2 Å². The maximum absolute atomic E-state index is 14.5. The number of para-hydroxylation sites is 2. The van der Waals surface area contributed by atoms with Gasteiger partial charge in [0.05, 0.1) is 11.4 Å². The molecule has 0 aliphatic carbocycles. The molecule has 0 aromatic heterocycles. The summed E-state index contributed by atoms with van der Waals surface area (Å²) in [6.45, 7) is 9.93. The van der Waals surface area contributed by atoms with Crippen molar-refractivity contribution in [3.63, 3.8) is 0 Å². The molecule has 0 bridgehead atoms. The third-order valence-corrected chi connectivity index (χ3v) is 5.44. The Morgan fingerprint density at radius 2 is 1.79 bits per heavy atom. The molecule has 1 unspecified atom stereocenters. The minimum atomic E-state index is -1.31. The highest BCUT2D eigenvalue weighted by Gasteiger charge is 2.23. The topological polar surface area (TPSA) is 35.6 Å². The Bertz CT molecular complexity index is 824. The van der Waals surface area contributed by atoms with Crippen molar-refractivity contribution < 1.29 is 9.18 Å².